The predicted molar refractivity (Wildman–Crippen MR) is 157 cm³/mol. The number of benzene rings is 3. The summed E-state index contributed by atoms with van der Waals surface area (Å²) in [5, 5.41) is 12.1. The monoisotopic (exact) mass is 514 g/mol. The summed E-state index contributed by atoms with van der Waals surface area (Å²) in [7, 11) is 1.90. The Morgan fingerprint density at radius 1 is 0.872 bits per heavy atom. The van der Waals surface area contributed by atoms with Crippen LogP contribution in [-0.2, 0) is 7.05 Å². The van der Waals surface area contributed by atoms with E-state index in [1.54, 1.807) is 4.68 Å². The summed E-state index contributed by atoms with van der Waals surface area (Å²) in [4.78, 5) is 8.81. The summed E-state index contributed by atoms with van der Waals surface area (Å²) in [5.74, 6) is 1.19. The summed E-state index contributed by atoms with van der Waals surface area (Å²) in [5.41, 5.74) is 7.81. The standard InChI is InChI=1S/C32H30N6O/c1-21-5-8-26(9-6-21)36-22(2)32(15-16-32)23(3)37-27-10-12-28(13-11-27)39-31-29-17-24(25-18-35-38(4)19-25)7-14-30(29)33-20-34-31/h5-14,17-20,36-37H,2-3,15-16H2,1,4H3. The van der Waals surface area contributed by atoms with E-state index >= 15 is 0 Å². The van der Waals surface area contributed by atoms with E-state index in [1.807, 2.05) is 61.9 Å². The Kier molecular flexibility index (Phi) is 6.11. The minimum absolute atomic E-state index is 0.161. The first-order valence-corrected chi connectivity index (χ1v) is 12.9. The second-order valence-electron chi connectivity index (χ2n) is 10.1. The summed E-state index contributed by atoms with van der Waals surface area (Å²) in [6.45, 7) is 10.8. The molecule has 0 spiro atoms. The lowest BCUT2D eigenvalue weighted by Gasteiger charge is -2.24. The van der Waals surface area contributed by atoms with Crippen molar-refractivity contribution in [2.45, 2.75) is 19.8 Å². The Bertz CT molecular complexity index is 1680. The van der Waals surface area contributed by atoms with Crippen LogP contribution in [0.5, 0.6) is 11.6 Å². The van der Waals surface area contributed by atoms with E-state index in [2.05, 4.69) is 70.0 Å². The Balaban J connectivity index is 1.15. The molecule has 2 heterocycles. The number of ether oxygens (including phenoxy) is 1. The van der Waals surface area contributed by atoms with Gasteiger partial charge in [0.05, 0.1) is 17.1 Å². The van der Waals surface area contributed by atoms with Crippen LogP contribution in [-0.4, -0.2) is 19.7 Å². The Morgan fingerprint density at radius 3 is 2.15 bits per heavy atom. The van der Waals surface area contributed by atoms with Crippen molar-refractivity contribution in [2.75, 3.05) is 10.6 Å². The fraction of sp³-hybridized carbons (Fsp3) is 0.156. The molecule has 0 bridgehead atoms. The van der Waals surface area contributed by atoms with Crippen molar-refractivity contribution in [3.8, 4) is 22.8 Å². The Labute approximate surface area is 227 Å². The molecule has 0 saturated heterocycles. The van der Waals surface area contributed by atoms with E-state index in [4.69, 9.17) is 4.74 Å². The van der Waals surface area contributed by atoms with Crippen molar-refractivity contribution in [2.24, 2.45) is 12.5 Å². The van der Waals surface area contributed by atoms with Gasteiger partial charge in [-0.15, -0.1) is 0 Å². The number of fused-ring (bicyclic) bond motifs is 1. The number of aromatic nitrogens is 4. The van der Waals surface area contributed by atoms with Gasteiger partial charge in [0.25, 0.3) is 0 Å². The van der Waals surface area contributed by atoms with Crippen molar-refractivity contribution in [3.05, 3.63) is 116 Å². The highest BCUT2D eigenvalue weighted by molar-refractivity contribution is 5.88. The van der Waals surface area contributed by atoms with Crippen LogP contribution in [0.3, 0.4) is 0 Å². The normalized spacial score (nSPS) is 13.6. The molecule has 1 saturated carbocycles. The summed E-state index contributed by atoms with van der Waals surface area (Å²) < 4.78 is 7.98. The van der Waals surface area contributed by atoms with E-state index in [-0.39, 0.29) is 5.41 Å². The quantitative estimate of drug-likeness (QED) is 0.213. The van der Waals surface area contributed by atoms with Gasteiger partial charge in [-0.1, -0.05) is 36.9 Å². The van der Waals surface area contributed by atoms with Gasteiger partial charge in [0.2, 0.25) is 5.88 Å². The maximum atomic E-state index is 6.19. The molecule has 2 aromatic heterocycles. The number of hydrogen-bond donors (Lipinski definition) is 2. The summed E-state index contributed by atoms with van der Waals surface area (Å²) in [6.07, 6.45) is 7.36. The summed E-state index contributed by atoms with van der Waals surface area (Å²) >= 11 is 0. The molecule has 0 aliphatic heterocycles. The van der Waals surface area contributed by atoms with Gasteiger partial charge in [0.1, 0.15) is 12.1 Å². The first-order valence-electron chi connectivity index (χ1n) is 12.9. The molecule has 7 heteroatoms. The largest absolute Gasteiger partial charge is 0.438 e. The molecule has 3 aromatic carbocycles. The lowest BCUT2D eigenvalue weighted by molar-refractivity contribution is 0.468. The molecule has 0 atom stereocenters. The highest BCUT2D eigenvalue weighted by Crippen LogP contribution is 2.56. The Morgan fingerprint density at radius 2 is 1.54 bits per heavy atom. The molecule has 2 N–H and O–H groups in total. The summed E-state index contributed by atoms with van der Waals surface area (Å²) in [6, 6.07) is 22.2. The predicted octanol–water partition coefficient (Wildman–Crippen LogP) is 7.46. The molecule has 0 radical (unpaired) electrons. The number of rotatable bonds is 9. The van der Waals surface area contributed by atoms with Gasteiger partial charge < -0.3 is 15.4 Å². The zero-order chi connectivity index (χ0) is 27.0. The maximum absolute atomic E-state index is 6.19. The molecule has 0 unspecified atom stereocenters. The molecule has 1 fully saturated rings. The van der Waals surface area contributed by atoms with Crippen LogP contribution in [0.4, 0.5) is 11.4 Å². The first kappa shape index (κ1) is 24.4. The maximum Gasteiger partial charge on any atom is 0.230 e. The molecule has 6 rings (SSSR count). The number of nitrogens with zero attached hydrogens (tertiary/aromatic N) is 4. The molecule has 0 amide bonds. The zero-order valence-corrected chi connectivity index (χ0v) is 22.1. The van der Waals surface area contributed by atoms with Crippen molar-refractivity contribution in [1.29, 1.82) is 0 Å². The molecule has 194 valence electrons. The average molecular weight is 515 g/mol. The van der Waals surface area contributed by atoms with Crippen molar-refractivity contribution in [3.63, 3.8) is 0 Å². The van der Waals surface area contributed by atoms with Crippen LogP contribution in [0.2, 0.25) is 0 Å². The van der Waals surface area contributed by atoms with E-state index in [0.29, 0.717) is 11.6 Å². The number of hydrogen-bond acceptors (Lipinski definition) is 6. The number of aryl methyl sites for hydroxylation is 2. The third-order valence-corrected chi connectivity index (χ3v) is 7.25. The molecule has 7 nitrogen and oxygen atoms in total. The third kappa shape index (κ3) is 4.99. The fourth-order valence-corrected chi connectivity index (χ4v) is 4.72. The third-order valence-electron chi connectivity index (χ3n) is 7.25. The van der Waals surface area contributed by atoms with Crippen LogP contribution in [0.1, 0.15) is 18.4 Å². The van der Waals surface area contributed by atoms with Gasteiger partial charge in [0, 0.05) is 47.0 Å². The molecular formula is C32H30N6O. The smallest absolute Gasteiger partial charge is 0.230 e. The fourth-order valence-electron chi connectivity index (χ4n) is 4.72. The van der Waals surface area contributed by atoms with Gasteiger partial charge in [-0.2, -0.15) is 5.10 Å². The van der Waals surface area contributed by atoms with E-state index in [9.17, 15) is 0 Å². The average Bonchev–Trinajstić information content (AvgIpc) is 3.65. The van der Waals surface area contributed by atoms with E-state index in [0.717, 1.165) is 57.6 Å². The lowest BCUT2D eigenvalue weighted by Crippen LogP contribution is -2.18. The highest BCUT2D eigenvalue weighted by atomic mass is 16.5. The van der Waals surface area contributed by atoms with Gasteiger partial charge in [0.15, 0.2) is 0 Å². The minimum Gasteiger partial charge on any atom is -0.438 e. The SMILES string of the molecule is C=C(Nc1ccc(C)cc1)C1(C(=C)Nc2ccc(Oc3ncnc4ccc(-c5cnn(C)c5)cc34)cc2)CC1. The number of nitrogens with one attached hydrogen (secondary N) is 2. The van der Waals surface area contributed by atoms with Crippen molar-refractivity contribution >= 4 is 22.3 Å². The van der Waals surface area contributed by atoms with Crippen LogP contribution in [0.25, 0.3) is 22.0 Å². The van der Waals surface area contributed by atoms with Gasteiger partial charge in [-0.3, -0.25) is 4.68 Å². The first-order chi connectivity index (χ1) is 18.9. The molecule has 5 aromatic rings. The van der Waals surface area contributed by atoms with Crippen molar-refractivity contribution < 1.29 is 4.74 Å². The molecule has 1 aliphatic rings. The Hall–Kier alpha value is -4.91. The van der Waals surface area contributed by atoms with E-state index < -0.39 is 0 Å². The van der Waals surface area contributed by atoms with Gasteiger partial charge in [-0.25, -0.2) is 9.97 Å². The molecule has 1 aliphatic carbocycles. The van der Waals surface area contributed by atoms with Crippen molar-refractivity contribution in [1.82, 2.24) is 19.7 Å². The van der Waals surface area contributed by atoms with Crippen LogP contribution in [0, 0.1) is 12.3 Å². The van der Waals surface area contributed by atoms with E-state index in [1.165, 1.54) is 11.9 Å². The lowest BCUT2D eigenvalue weighted by atomic mass is 9.98. The minimum atomic E-state index is -0.161. The second kappa shape index (κ2) is 9.76. The van der Waals surface area contributed by atoms with Gasteiger partial charge in [-0.05, 0) is 73.9 Å². The topological polar surface area (TPSA) is 76.9 Å². The van der Waals surface area contributed by atoms with Crippen LogP contribution < -0.4 is 15.4 Å². The molecular weight excluding hydrogens is 484 g/mol. The number of anilines is 2. The molecule has 39 heavy (non-hydrogen) atoms. The van der Waals surface area contributed by atoms with Gasteiger partial charge >= 0.3 is 0 Å². The zero-order valence-electron chi connectivity index (χ0n) is 22.1. The van der Waals surface area contributed by atoms with Crippen LogP contribution >= 0.6 is 0 Å². The second-order valence-corrected chi connectivity index (χ2v) is 10.1. The highest BCUT2D eigenvalue weighted by Gasteiger charge is 2.48. The van der Waals surface area contributed by atoms with Crippen LogP contribution in [0.15, 0.2) is 110 Å².